The monoisotopic (exact) mass is 278 g/mol. The molecule has 1 aliphatic heterocycles. The molecule has 6 heteroatoms. The van der Waals surface area contributed by atoms with Crippen LogP contribution in [-0.2, 0) is 6.54 Å². The van der Waals surface area contributed by atoms with Gasteiger partial charge in [-0.1, -0.05) is 11.6 Å². The van der Waals surface area contributed by atoms with Crippen LogP contribution in [0.1, 0.15) is 6.42 Å². The van der Waals surface area contributed by atoms with Gasteiger partial charge in [-0.3, -0.25) is 4.68 Å². The molecular weight excluding hydrogens is 264 g/mol. The van der Waals surface area contributed by atoms with E-state index in [1.807, 2.05) is 17.1 Å². The van der Waals surface area contributed by atoms with Crippen LogP contribution < -0.4 is 10.1 Å². The number of methoxy groups -OCH3 is 1. The Morgan fingerprint density at radius 1 is 1.53 bits per heavy atom. The fraction of sp³-hybridized carbons (Fsp3) is 0.385. The van der Waals surface area contributed by atoms with Crippen LogP contribution in [0, 0.1) is 0 Å². The Bertz CT molecular complexity index is 580. The zero-order valence-electron chi connectivity index (χ0n) is 10.6. The summed E-state index contributed by atoms with van der Waals surface area (Å²) in [5.74, 6) is 0.710. The highest BCUT2D eigenvalue weighted by Gasteiger charge is 2.17. The van der Waals surface area contributed by atoms with Crippen molar-refractivity contribution in [1.29, 1.82) is 0 Å². The van der Waals surface area contributed by atoms with E-state index in [-0.39, 0.29) is 0 Å². The molecule has 0 amide bonds. The van der Waals surface area contributed by atoms with Crippen LogP contribution >= 0.6 is 11.6 Å². The second-order valence-corrected chi connectivity index (χ2v) is 4.99. The number of hydrogen-bond acceptors (Lipinski definition) is 4. The summed E-state index contributed by atoms with van der Waals surface area (Å²) in [4.78, 5) is 4.10. The first-order valence-corrected chi connectivity index (χ1v) is 6.60. The zero-order valence-corrected chi connectivity index (χ0v) is 11.4. The average molecular weight is 279 g/mol. The SMILES string of the molecule is COc1cc(Cl)ncc1-c1cnn(CC2CCN2)c1. The molecule has 0 radical (unpaired) electrons. The van der Waals surface area contributed by atoms with Gasteiger partial charge in [0.1, 0.15) is 10.9 Å². The van der Waals surface area contributed by atoms with Crippen molar-refractivity contribution < 1.29 is 4.74 Å². The lowest BCUT2D eigenvalue weighted by atomic mass is 10.1. The van der Waals surface area contributed by atoms with Crippen LogP contribution in [0.3, 0.4) is 0 Å². The summed E-state index contributed by atoms with van der Waals surface area (Å²) in [6.45, 7) is 2.00. The van der Waals surface area contributed by atoms with Gasteiger partial charge >= 0.3 is 0 Å². The fourth-order valence-electron chi connectivity index (χ4n) is 2.13. The van der Waals surface area contributed by atoms with Crippen molar-refractivity contribution in [3.8, 4) is 16.9 Å². The lowest BCUT2D eigenvalue weighted by Crippen LogP contribution is -2.45. The standard InChI is InChI=1S/C13H15ClN4O/c1-19-12-4-13(14)16-6-11(12)9-5-17-18(7-9)8-10-2-3-15-10/h4-7,10,15H,2-3,8H2,1H3. The minimum atomic E-state index is 0.423. The van der Waals surface area contributed by atoms with Gasteiger partial charge in [-0.15, -0.1) is 0 Å². The second-order valence-electron chi connectivity index (χ2n) is 4.60. The maximum absolute atomic E-state index is 5.86. The van der Waals surface area contributed by atoms with Gasteiger partial charge in [0.15, 0.2) is 0 Å². The normalized spacial score (nSPS) is 18.1. The zero-order chi connectivity index (χ0) is 13.2. The second kappa shape index (κ2) is 5.19. The Balaban J connectivity index is 1.85. The molecule has 5 nitrogen and oxygen atoms in total. The number of aromatic nitrogens is 3. The highest BCUT2D eigenvalue weighted by molar-refractivity contribution is 6.29. The molecule has 0 spiro atoms. The molecule has 1 aliphatic rings. The topological polar surface area (TPSA) is 52.0 Å². The molecule has 0 bridgehead atoms. The summed E-state index contributed by atoms with van der Waals surface area (Å²) in [5.41, 5.74) is 1.89. The van der Waals surface area contributed by atoms with Gasteiger partial charge in [-0.2, -0.15) is 5.10 Å². The van der Waals surface area contributed by atoms with Crippen molar-refractivity contribution in [2.45, 2.75) is 19.0 Å². The van der Waals surface area contributed by atoms with E-state index in [2.05, 4.69) is 15.4 Å². The van der Waals surface area contributed by atoms with Crippen LogP contribution in [0.15, 0.2) is 24.7 Å². The van der Waals surface area contributed by atoms with Gasteiger partial charge in [-0.05, 0) is 13.0 Å². The summed E-state index contributed by atoms with van der Waals surface area (Å²) in [5, 5.41) is 8.15. The predicted octanol–water partition coefficient (Wildman–Crippen LogP) is 1.97. The molecule has 1 N–H and O–H groups in total. The minimum absolute atomic E-state index is 0.423. The van der Waals surface area contributed by atoms with E-state index in [1.165, 1.54) is 6.42 Å². The van der Waals surface area contributed by atoms with Crippen LogP contribution in [0.4, 0.5) is 0 Å². The highest BCUT2D eigenvalue weighted by Crippen LogP contribution is 2.30. The van der Waals surface area contributed by atoms with E-state index >= 15 is 0 Å². The van der Waals surface area contributed by atoms with Crippen molar-refractivity contribution in [3.63, 3.8) is 0 Å². The molecule has 2 aromatic rings. The quantitative estimate of drug-likeness (QED) is 0.869. The van der Waals surface area contributed by atoms with Gasteiger partial charge in [0.05, 0.1) is 19.9 Å². The molecule has 3 heterocycles. The molecule has 3 rings (SSSR count). The summed E-state index contributed by atoms with van der Waals surface area (Å²) in [6, 6.07) is 2.25. The van der Waals surface area contributed by atoms with Gasteiger partial charge in [0, 0.05) is 35.6 Å². The molecule has 2 aromatic heterocycles. The largest absolute Gasteiger partial charge is 0.496 e. The van der Waals surface area contributed by atoms with E-state index in [0.717, 1.165) is 24.2 Å². The summed E-state index contributed by atoms with van der Waals surface area (Å²) < 4.78 is 7.27. The third-order valence-corrected chi connectivity index (χ3v) is 3.54. The number of ether oxygens (including phenoxy) is 1. The van der Waals surface area contributed by atoms with Crippen molar-refractivity contribution in [3.05, 3.63) is 29.8 Å². The highest BCUT2D eigenvalue weighted by atomic mass is 35.5. The van der Waals surface area contributed by atoms with Gasteiger partial charge in [0.2, 0.25) is 0 Å². The molecular formula is C13H15ClN4O. The molecule has 1 saturated heterocycles. The Hall–Kier alpha value is -1.59. The number of halogens is 1. The summed E-state index contributed by atoms with van der Waals surface area (Å²) in [6.07, 6.45) is 6.75. The lowest BCUT2D eigenvalue weighted by Gasteiger charge is -2.27. The van der Waals surface area contributed by atoms with Crippen LogP contribution in [-0.4, -0.2) is 34.5 Å². The number of rotatable bonds is 4. The first kappa shape index (κ1) is 12.4. The summed E-state index contributed by atoms with van der Waals surface area (Å²) >= 11 is 5.86. The van der Waals surface area contributed by atoms with E-state index in [0.29, 0.717) is 16.9 Å². The molecule has 19 heavy (non-hydrogen) atoms. The van der Waals surface area contributed by atoms with Gasteiger partial charge in [-0.25, -0.2) is 4.98 Å². The van der Waals surface area contributed by atoms with E-state index in [1.54, 1.807) is 19.4 Å². The first-order chi connectivity index (χ1) is 9.26. The first-order valence-electron chi connectivity index (χ1n) is 6.22. The van der Waals surface area contributed by atoms with Crippen LogP contribution in [0.25, 0.3) is 11.1 Å². The van der Waals surface area contributed by atoms with E-state index in [9.17, 15) is 0 Å². The molecule has 1 atom stereocenters. The maximum Gasteiger partial charge on any atom is 0.132 e. The van der Waals surface area contributed by atoms with Gasteiger partial charge in [0.25, 0.3) is 0 Å². The van der Waals surface area contributed by atoms with Crippen molar-refractivity contribution in [2.24, 2.45) is 0 Å². The summed E-state index contributed by atoms with van der Waals surface area (Å²) in [7, 11) is 1.62. The Labute approximate surface area is 116 Å². The smallest absolute Gasteiger partial charge is 0.132 e. The molecule has 0 aromatic carbocycles. The molecule has 100 valence electrons. The molecule has 0 aliphatic carbocycles. The minimum Gasteiger partial charge on any atom is -0.496 e. The Morgan fingerprint density at radius 2 is 2.37 bits per heavy atom. The van der Waals surface area contributed by atoms with E-state index in [4.69, 9.17) is 16.3 Å². The van der Waals surface area contributed by atoms with Crippen LogP contribution in [0.5, 0.6) is 5.75 Å². The Kier molecular flexibility index (Phi) is 3.40. The molecule has 0 saturated carbocycles. The fourth-order valence-corrected chi connectivity index (χ4v) is 2.28. The number of nitrogens with one attached hydrogen (secondary N) is 1. The van der Waals surface area contributed by atoms with E-state index < -0.39 is 0 Å². The third kappa shape index (κ3) is 2.57. The van der Waals surface area contributed by atoms with Crippen LogP contribution in [0.2, 0.25) is 5.15 Å². The number of hydrogen-bond donors (Lipinski definition) is 1. The lowest BCUT2D eigenvalue weighted by molar-refractivity contribution is 0.319. The van der Waals surface area contributed by atoms with Crippen molar-refractivity contribution >= 4 is 11.6 Å². The average Bonchev–Trinajstić information content (AvgIpc) is 2.82. The maximum atomic E-state index is 5.86. The van der Waals surface area contributed by atoms with Crippen molar-refractivity contribution in [2.75, 3.05) is 13.7 Å². The van der Waals surface area contributed by atoms with Gasteiger partial charge < -0.3 is 10.1 Å². The molecule has 1 unspecified atom stereocenters. The van der Waals surface area contributed by atoms with Crippen molar-refractivity contribution in [1.82, 2.24) is 20.1 Å². The number of pyridine rings is 1. The predicted molar refractivity (Wildman–Crippen MR) is 73.4 cm³/mol. The number of nitrogens with zero attached hydrogens (tertiary/aromatic N) is 3. The third-order valence-electron chi connectivity index (χ3n) is 3.33. The molecule has 1 fully saturated rings. The Morgan fingerprint density at radius 3 is 3.05 bits per heavy atom.